The number of alkyl halides is 3. The third-order valence-electron chi connectivity index (χ3n) is 7.49. The number of aliphatic hydroxyl groups excluding tert-OH is 1. The van der Waals surface area contributed by atoms with Crippen LogP contribution < -0.4 is 20.7 Å². The summed E-state index contributed by atoms with van der Waals surface area (Å²) >= 11 is 0. The van der Waals surface area contributed by atoms with E-state index in [1.54, 1.807) is 37.3 Å². The predicted molar refractivity (Wildman–Crippen MR) is 174 cm³/mol. The van der Waals surface area contributed by atoms with E-state index in [9.17, 15) is 45.1 Å². The van der Waals surface area contributed by atoms with Gasteiger partial charge in [0.05, 0.1) is 28.6 Å². The second-order valence-electron chi connectivity index (χ2n) is 11.5. The van der Waals surface area contributed by atoms with E-state index in [0.717, 1.165) is 54.3 Å². The van der Waals surface area contributed by atoms with Gasteiger partial charge in [-0.15, -0.1) is 0 Å². The van der Waals surface area contributed by atoms with Gasteiger partial charge in [-0.2, -0.15) is 13.2 Å². The van der Waals surface area contributed by atoms with Crippen molar-refractivity contribution in [3.63, 3.8) is 0 Å². The molecule has 0 radical (unpaired) electrons. The van der Waals surface area contributed by atoms with Crippen LogP contribution >= 0.6 is 0 Å². The van der Waals surface area contributed by atoms with E-state index >= 15 is 0 Å². The summed E-state index contributed by atoms with van der Waals surface area (Å²) in [7, 11) is -3.93. The zero-order chi connectivity index (χ0) is 36.6. The number of halogens is 5. The highest BCUT2D eigenvalue weighted by Gasteiger charge is 2.30. The highest BCUT2D eigenvalue weighted by Crippen LogP contribution is 2.29. The number of aliphatic hydroxyl groups is 1. The quantitative estimate of drug-likeness (QED) is 0.132. The molecule has 4 N–H and O–H groups in total. The number of sulfone groups is 1. The zero-order valence-electron chi connectivity index (χ0n) is 26.8. The lowest BCUT2D eigenvalue weighted by Crippen LogP contribution is -2.50. The van der Waals surface area contributed by atoms with Crippen molar-refractivity contribution in [1.29, 1.82) is 0 Å². The summed E-state index contributed by atoms with van der Waals surface area (Å²) in [5, 5.41) is 19.1. The van der Waals surface area contributed by atoms with Crippen LogP contribution in [0.4, 0.5) is 22.0 Å². The average Bonchev–Trinajstić information content (AvgIpc) is 3.05. The molecule has 4 rings (SSSR count). The van der Waals surface area contributed by atoms with E-state index < -0.39 is 69.8 Å². The first kappa shape index (κ1) is 38.0. The van der Waals surface area contributed by atoms with Crippen molar-refractivity contribution in [3.05, 3.63) is 130 Å². The second-order valence-corrected chi connectivity index (χ2v) is 13.5. The minimum absolute atomic E-state index is 0.103. The fourth-order valence-electron chi connectivity index (χ4n) is 4.84. The van der Waals surface area contributed by atoms with Crippen molar-refractivity contribution >= 4 is 21.7 Å². The minimum Gasteiger partial charge on any atom is -0.491 e. The molecule has 266 valence electrons. The highest BCUT2D eigenvalue weighted by molar-refractivity contribution is 7.90. The number of nitrogens with one attached hydrogen (secondary N) is 3. The highest BCUT2D eigenvalue weighted by atomic mass is 32.2. The van der Waals surface area contributed by atoms with Crippen LogP contribution in [0, 0.1) is 11.6 Å². The molecule has 0 aliphatic carbocycles. The van der Waals surface area contributed by atoms with Gasteiger partial charge in [0.25, 0.3) is 11.8 Å². The first-order valence-corrected chi connectivity index (χ1v) is 17.0. The molecule has 4 aromatic carbocycles. The van der Waals surface area contributed by atoms with Gasteiger partial charge in [0.15, 0.2) is 9.84 Å². The summed E-state index contributed by atoms with van der Waals surface area (Å²) in [6.07, 6.45) is -5.16. The molecule has 0 fully saturated rings. The van der Waals surface area contributed by atoms with Crippen LogP contribution in [0.15, 0.2) is 95.9 Å². The Morgan fingerprint density at radius 1 is 0.840 bits per heavy atom. The SMILES string of the molecule is C[C@@H](NC(=O)c1cc(C(=O)N[C@@H](COc2cc(F)cc(F)c2)[C@H](O)CNCc2cccc(C(F)(F)F)c2)cc(S(C)(=O)=O)c1)c1ccccc1. The van der Waals surface area contributed by atoms with Crippen LogP contribution in [-0.2, 0) is 22.6 Å². The van der Waals surface area contributed by atoms with Gasteiger partial charge in [-0.1, -0.05) is 48.5 Å². The van der Waals surface area contributed by atoms with Gasteiger partial charge in [-0.25, -0.2) is 17.2 Å². The summed E-state index contributed by atoms with van der Waals surface area (Å²) in [6, 6.07) is 17.3. The molecular weight excluding hydrogens is 685 g/mol. The zero-order valence-corrected chi connectivity index (χ0v) is 27.6. The molecule has 0 saturated heterocycles. The fraction of sp³-hybridized carbons (Fsp3) is 0.257. The maximum atomic E-state index is 13.8. The van der Waals surface area contributed by atoms with Gasteiger partial charge in [-0.05, 0) is 42.3 Å². The number of hydrogen-bond donors (Lipinski definition) is 4. The normalized spacial score (nSPS) is 13.6. The van der Waals surface area contributed by atoms with Crippen LogP contribution in [-0.4, -0.2) is 56.9 Å². The van der Waals surface area contributed by atoms with Gasteiger partial charge in [-0.3, -0.25) is 9.59 Å². The van der Waals surface area contributed by atoms with Crippen molar-refractivity contribution in [2.45, 2.75) is 42.7 Å². The Bertz CT molecular complexity index is 1910. The Morgan fingerprint density at radius 2 is 1.46 bits per heavy atom. The molecule has 0 unspecified atom stereocenters. The monoisotopic (exact) mass is 719 g/mol. The molecule has 0 spiro atoms. The molecule has 15 heteroatoms. The largest absolute Gasteiger partial charge is 0.491 e. The first-order valence-electron chi connectivity index (χ1n) is 15.1. The lowest BCUT2D eigenvalue weighted by molar-refractivity contribution is -0.137. The van der Waals surface area contributed by atoms with E-state index in [0.29, 0.717) is 6.07 Å². The Hall–Kier alpha value is -4.86. The minimum atomic E-state index is -4.56. The smallest absolute Gasteiger partial charge is 0.416 e. The van der Waals surface area contributed by atoms with E-state index in [-0.39, 0.29) is 40.4 Å². The number of carbonyl (C=O) groups excluding carboxylic acids is 2. The van der Waals surface area contributed by atoms with Gasteiger partial charge in [0, 0.05) is 48.7 Å². The van der Waals surface area contributed by atoms with E-state index in [2.05, 4.69) is 16.0 Å². The molecule has 0 saturated carbocycles. The average molecular weight is 720 g/mol. The van der Waals surface area contributed by atoms with Crippen molar-refractivity contribution in [2.24, 2.45) is 0 Å². The second kappa shape index (κ2) is 16.2. The Balaban J connectivity index is 1.56. The number of rotatable bonds is 14. The molecule has 4 aromatic rings. The lowest BCUT2D eigenvalue weighted by atomic mass is 10.1. The Morgan fingerprint density at radius 3 is 2.06 bits per heavy atom. The van der Waals surface area contributed by atoms with E-state index in [1.165, 1.54) is 12.1 Å². The van der Waals surface area contributed by atoms with E-state index in [4.69, 9.17) is 4.74 Å². The Labute approximate surface area is 285 Å². The summed E-state index contributed by atoms with van der Waals surface area (Å²) in [5.74, 6) is -3.77. The standard InChI is InChI=1S/C35H34F5N3O6S/c1-21(23-8-4-3-5-9-23)42-33(45)24-12-25(14-30(13-24)50(2,47)48)34(46)43-31(20-49-29-16-27(36)15-28(37)17-29)32(44)19-41-18-22-7-6-10-26(11-22)35(38,39)40/h3-17,21,31-32,41,44H,18-20H2,1-2H3,(H,42,45)(H,43,46)/t21-,31+,32-/m1/s1. The van der Waals surface area contributed by atoms with Crippen LogP contribution in [0.5, 0.6) is 5.75 Å². The lowest BCUT2D eigenvalue weighted by Gasteiger charge is -2.25. The molecule has 0 aromatic heterocycles. The van der Waals surface area contributed by atoms with Gasteiger partial charge < -0.3 is 25.8 Å². The molecule has 0 aliphatic heterocycles. The Kier molecular flexibility index (Phi) is 12.3. The fourth-order valence-corrected chi connectivity index (χ4v) is 5.53. The summed E-state index contributed by atoms with van der Waals surface area (Å²) in [6.45, 7) is 0.776. The topological polar surface area (TPSA) is 134 Å². The molecule has 50 heavy (non-hydrogen) atoms. The summed E-state index contributed by atoms with van der Waals surface area (Å²) < 4.78 is 97.5. The third-order valence-corrected chi connectivity index (χ3v) is 8.58. The number of ether oxygens (including phenoxy) is 1. The number of benzene rings is 4. The summed E-state index contributed by atoms with van der Waals surface area (Å²) in [5.41, 5.74) is -0.250. The van der Waals surface area contributed by atoms with Crippen molar-refractivity contribution in [2.75, 3.05) is 19.4 Å². The molecule has 2 amide bonds. The van der Waals surface area contributed by atoms with Crippen LogP contribution in [0.2, 0.25) is 0 Å². The molecule has 3 atom stereocenters. The van der Waals surface area contributed by atoms with Crippen LogP contribution in [0.1, 0.15) is 50.4 Å². The van der Waals surface area contributed by atoms with Crippen LogP contribution in [0.25, 0.3) is 0 Å². The molecule has 9 nitrogen and oxygen atoms in total. The van der Waals surface area contributed by atoms with Crippen molar-refractivity contribution < 1.29 is 49.8 Å². The third kappa shape index (κ3) is 10.8. The van der Waals surface area contributed by atoms with E-state index in [1.807, 2.05) is 0 Å². The van der Waals surface area contributed by atoms with Gasteiger partial charge >= 0.3 is 6.18 Å². The van der Waals surface area contributed by atoms with Gasteiger partial charge in [0.1, 0.15) is 24.0 Å². The number of hydrogen-bond acceptors (Lipinski definition) is 7. The van der Waals surface area contributed by atoms with Crippen molar-refractivity contribution in [1.82, 2.24) is 16.0 Å². The van der Waals surface area contributed by atoms with Gasteiger partial charge in [0.2, 0.25) is 0 Å². The van der Waals surface area contributed by atoms with Crippen molar-refractivity contribution in [3.8, 4) is 5.75 Å². The molecule has 0 bridgehead atoms. The maximum absolute atomic E-state index is 13.8. The molecular formula is C35H34F5N3O6S. The first-order chi connectivity index (χ1) is 23.5. The number of carbonyl (C=O) groups is 2. The molecule has 0 heterocycles. The molecule has 0 aliphatic rings. The summed E-state index contributed by atoms with van der Waals surface area (Å²) in [4.78, 5) is 26.4. The number of amides is 2. The predicted octanol–water partition coefficient (Wildman–Crippen LogP) is 5.21. The van der Waals surface area contributed by atoms with Crippen LogP contribution in [0.3, 0.4) is 0 Å². The maximum Gasteiger partial charge on any atom is 0.416 e.